The molecular formula is C15H37NO7S2. The van der Waals surface area contributed by atoms with E-state index in [2.05, 4.69) is 13.3 Å². The first-order valence-corrected chi connectivity index (χ1v) is 10.4. The molecular weight excluding hydrogens is 370 g/mol. The number of aliphatic hydroxyl groups excluding tert-OH is 1. The molecule has 0 bridgehead atoms. The van der Waals surface area contributed by atoms with Crippen molar-refractivity contribution in [3.8, 4) is 0 Å². The Morgan fingerprint density at radius 3 is 1.76 bits per heavy atom. The van der Waals surface area contributed by atoms with E-state index in [0.29, 0.717) is 6.54 Å². The van der Waals surface area contributed by atoms with Gasteiger partial charge < -0.3 is 14.7 Å². The number of hydrogen-bond donors (Lipinski definition) is 1. The van der Waals surface area contributed by atoms with Crippen molar-refractivity contribution in [1.82, 2.24) is 4.90 Å². The number of hydrogen-bond acceptors (Lipinski definition) is 9. The van der Waals surface area contributed by atoms with Crippen LogP contribution in [0.4, 0.5) is 0 Å². The second-order valence-electron chi connectivity index (χ2n) is 4.78. The van der Waals surface area contributed by atoms with E-state index in [-0.39, 0.29) is 6.61 Å². The van der Waals surface area contributed by atoms with Gasteiger partial charge in [0.2, 0.25) is 0 Å². The Hall–Kier alpha value is 0.380. The summed E-state index contributed by atoms with van der Waals surface area (Å²) in [4.78, 5) is 2.25. The molecule has 0 aromatic rings. The average molecular weight is 408 g/mol. The molecule has 0 aliphatic carbocycles. The monoisotopic (exact) mass is 407 g/mol. The van der Waals surface area contributed by atoms with E-state index in [1.165, 1.54) is 0 Å². The Bertz CT molecular complexity index is 252. The van der Waals surface area contributed by atoms with Gasteiger partial charge in [0.1, 0.15) is 0 Å². The average Bonchev–Trinajstić information content (AvgIpc) is 2.64. The minimum atomic E-state index is -1.86. The fourth-order valence-corrected chi connectivity index (χ4v) is 3.57. The van der Waals surface area contributed by atoms with Crippen LogP contribution in [0.15, 0.2) is 0 Å². The summed E-state index contributed by atoms with van der Waals surface area (Å²) >= 11 is 0.963. The number of aliphatic hydroxyl groups is 1. The summed E-state index contributed by atoms with van der Waals surface area (Å²) in [5, 5.41) is 9.10. The van der Waals surface area contributed by atoms with Gasteiger partial charge in [0, 0.05) is 26.0 Å². The van der Waals surface area contributed by atoms with E-state index < -0.39 is 10.9 Å². The van der Waals surface area contributed by atoms with Crippen LogP contribution in [0.2, 0.25) is 0 Å². The highest BCUT2D eigenvalue weighted by molar-refractivity contribution is 8.21. The molecule has 0 heterocycles. The third-order valence-electron chi connectivity index (χ3n) is 3.26. The molecule has 0 fully saturated rings. The fraction of sp³-hybridized carbons (Fsp3) is 1.00. The van der Waals surface area contributed by atoms with Gasteiger partial charge in [-0.2, -0.15) is 0 Å². The lowest BCUT2D eigenvalue weighted by Gasteiger charge is -2.34. The van der Waals surface area contributed by atoms with Crippen LogP contribution in [0, 0.1) is 0 Å². The molecule has 0 aromatic heterocycles. The number of nitrogens with zero attached hydrogens (tertiary/aromatic N) is 1. The zero-order valence-corrected chi connectivity index (χ0v) is 18.2. The van der Waals surface area contributed by atoms with Crippen LogP contribution in [0.5, 0.6) is 0 Å². The smallest absolute Gasteiger partial charge is 0.158 e. The Kier molecular flexibility index (Phi) is 22.8. The first kappa shape index (κ1) is 27.6. The summed E-state index contributed by atoms with van der Waals surface area (Å²) < 4.78 is 29.8. The van der Waals surface area contributed by atoms with Crippen molar-refractivity contribution >= 4 is 23.2 Å². The van der Waals surface area contributed by atoms with Crippen LogP contribution in [0.1, 0.15) is 19.3 Å². The van der Waals surface area contributed by atoms with Crippen LogP contribution in [-0.2, 0) is 25.7 Å². The molecule has 10 heteroatoms. The lowest BCUT2D eigenvalue weighted by Crippen LogP contribution is -2.30. The van der Waals surface area contributed by atoms with E-state index in [4.69, 9.17) is 22.4 Å². The molecule has 0 aromatic carbocycles. The predicted octanol–water partition coefficient (Wildman–Crippen LogP) is 2.43. The quantitative estimate of drug-likeness (QED) is 0.306. The van der Waals surface area contributed by atoms with Gasteiger partial charge in [0.05, 0.1) is 53.0 Å². The maximum absolute atomic E-state index is 9.10. The van der Waals surface area contributed by atoms with Crippen LogP contribution in [0.3, 0.4) is 0 Å². The summed E-state index contributed by atoms with van der Waals surface area (Å²) in [5.74, 6) is 0.733. The molecule has 0 spiro atoms. The van der Waals surface area contributed by atoms with Crippen molar-refractivity contribution in [2.24, 2.45) is 0 Å². The molecule has 156 valence electrons. The summed E-state index contributed by atoms with van der Waals surface area (Å²) in [6.07, 6.45) is 3.03. The molecule has 0 aliphatic heterocycles. The molecule has 0 rings (SSSR count). The molecule has 8 nitrogen and oxygen atoms in total. The topological polar surface area (TPSA) is 78.9 Å². The minimum absolute atomic E-state index is 0.182. The molecule has 0 saturated carbocycles. The van der Waals surface area contributed by atoms with Gasteiger partial charge in [0.25, 0.3) is 0 Å². The fourth-order valence-electron chi connectivity index (χ4n) is 2.05. The number of unbranched alkanes of at least 4 members (excludes halogenated alkanes) is 1. The van der Waals surface area contributed by atoms with Crippen molar-refractivity contribution in [3.63, 3.8) is 0 Å². The number of ether oxygens (including phenoxy) is 1. The van der Waals surface area contributed by atoms with Crippen LogP contribution >= 0.6 is 23.2 Å². The third-order valence-corrected chi connectivity index (χ3v) is 5.84. The molecule has 0 radical (unpaired) electrons. The second-order valence-corrected chi connectivity index (χ2v) is 8.11. The summed E-state index contributed by atoms with van der Waals surface area (Å²) in [5.41, 5.74) is 0. The van der Waals surface area contributed by atoms with E-state index in [0.717, 1.165) is 57.0 Å². The van der Waals surface area contributed by atoms with Gasteiger partial charge >= 0.3 is 0 Å². The largest absolute Gasteiger partial charge is 0.395 e. The molecule has 0 aliphatic rings. The van der Waals surface area contributed by atoms with Gasteiger partial charge in [-0.25, -0.2) is 0 Å². The zero-order chi connectivity index (χ0) is 19.4. The van der Waals surface area contributed by atoms with Gasteiger partial charge in [-0.1, -0.05) is 0 Å². The van der Waals surface area contributed by atoms with Crippen molar-refractivity contribution in [2.75, 3.05) is 81.3 Å². The van der Waals surface area contributed by atoms with Crippen molar-refractivity contribution in [1.29, 1.82) is 0 Å². The van der Waals surface area contributed by atoms with Crippen molar-refractivity contribution in [2.45, 2.75) is 19.3 Å². The van der Waals surface area contributed by atoms with E-state index in [1.807, 2.05) is 0 Å². The Balaban J connectivity index is 0. The maximum Gasteiger partial charge on any atom is 0.158 e. The summed E-state index contributed by atoms with van der Waals surface area (Å²) in [6.45, 7) is 3.54. The van der Waals surface area contributed by atoms with Gasteiger partial charge in [0.15, 0.2) is 12.3 Å². The van der Waals surface area contributed by atoms with Gasteiger partial charge in [-0.15, -0.1) is 0 Å². The maximum atomic E-state index is 9.10. The van der Waals surface area contributed by atoms with Crippen LogP contribution in [-0.4, -0.2) is 91.3 Å². The number of methoxy groups -OCH3 is 1. The molecule has 0 atom stereocenters. The Labute approximate surface area is 159 Å². The summed E-state index contributed by atoms with van der Waals surface area (Å²) in [6, 6.07) is 0. The zero-order valence-electron chi connectivity index (χ0n) is 16.5. The Morgan fingerprint density at radius 2 is 1.36 bits per heavy atom. The molecule has 25 heavy (non-hydrogen) atoms. The van der Waals surface area contributed by atoms with E-state index in [9.17, 15) is 0 Å². The third kappa shape index (κ3) is 16.3. The first-order valence-electron chi connectivity index (χ1n) is 8.13. The van der Waals surface area contributed by atoms with Gasteiger partial charge in [-0.3, -0.25) is 20.9 Å². The molecule has 0 amide bonds. The highest BCUT2D eigenvalue weighted by Crippen LogP contribution is 2.49. The first-order chi connectivity index (χ1) is 12.1. The predicted molar refractivity (Wildman–Crippen MR) is 104 cm³/mol. The lowest BCUT2D eigenvalue weighted by atomic mass is 10.3. The normalized spacial score (nSPS) is 12.2. The van der Waals surface area contributed by atoms with Gasteiger partial charge in [-0.05, 0) is 32.4 Å². The highest BCUT2D eigenvalue weighted by Gasteiger charge is 2.22. The standard InChI is InChI=1S/C13H31NO5S.C2H6O2S/c1-16-12-6-5-8-14(10-11-15)9-7-13-20(17-2,18-3)19-4;1-3-5-4-2/h15H,5-13H2,1-4H3;1-2H3. The van der Waals surface area contributed by atoms with E-state index in [1.54, 1.807) is 42.7 Å². The van der Waals surface area contributed by atoms with Crippen LogP contribution < -0.4 is 0 Å². The molecule has 1 N–H and O–H groups in total. The Morgan fingerprint density at radius 1 is 0.800 bits per heavy atom. The summed E-state index contributed by atoms with van der Waals surface area (Å²) in [7, 11) is 7.79. The van der Waals surface area contributed by atoms with Crippen LogP contribution in [0.25, 0.3) is 0 Å². The van der Waals surface area contributed by atoms with E-state index >= 15 is 0 Å². The highest BCUT2D eigenvalue weighted by atomic mass is 32.3. The molecule has 0 unspecified atom stereocenters. The van der Waals surface area contributed by atoms with Crippen molar-refractivity contribution in [3.05, 3.63) is 0 Å². The molecule has 0 saturated heterocycles. The second kappa shape index (κ2) is 20.7. The van der Waals surface area contributed by atoms with Crippen molar-refractivity contribution < 1.29 is 30.8 Å². The number of rotatable bonds is 16. The lowest BCUT2D eigenvalue weighted by molar-refractivity contribution is 0.170. The minimum Gasteiger partial charge on any atom is -0.395 e. The SMILES string of the molecule is COCCCCN(CCO)CCCS(OC)(OC)OC.COSOC.